The number of hydrogen-bond acceptors (Lipinski definition) is 6. The van der Waals surface area contributed by atoms with Gasteiger partial charge >= 0.3 is 5.97 Å². The lowest BCUT2D eigenvalue weighted by atomic mass is 10.1. The van der Waals surface area contributed by atoms with E-state index in [1.165, 1.54) is 43.6 Å². The number of rotatable bonds is 5. The van der Waals surface area contributed by atoms with Crippen molar-refractivity contribution < 1.29 is 24.4 Å². The van der Waals surface area contributed by atoms with Gasteiger partial charge in [0.15, 0.2) is 5.69 Å². The van der Waals surface area contributed by atoms with Gasteiger partial charge in [-0.2, -0.15) is 0 Å². The molecule has 1 aromatic heterocycles. The maximum atomic E-state index is 12.6. The molecule has 0 saturated carbocycles. The van der Waals surface area contributed by atoms with Crippen molar-refractivity contribution in [3.63, 3.8) is 0 Å². The van der Waals surface area contributed by atoms with E-state index in [9.17, 15) is 24.8 Å². The van der Waals surface area contributed by atoms with E-state index in [1.807, 2.05) is 0 Å². The van der Waals surface area contributed by atoms with Crippen LogP contribution in [0.2, 0.25) is 0 Å². The Morgan fingerprint density at radius 1 is 1.19 bits per heavy atom. The number of hydrogen-bond donors (Lipinski definition) is 2. The second-order valence-electron chi connectivity index (χ2n) is 5.43. The van der Waals surface area contributed by atoms with Gasteiger partial charge in [-0.15, -0.1) is 0 Å². The van der Waals surface area contributed by atoms with E-state index in [4.69, 9.17) is 4.74 Å². The lowest BCUT2D eigenvalue weighted by Crippen LogP contribution is -2.15. The van der Waals surface area contributed by atoms with Gasteiger partial charge in [-0.1, -0.05) is 12.1 Å². The molecule has 9 heteroatoms. The number of ether oxygens (including phenoxy) is 1. The number of nitrogens with one attached hydrogen (secondary N) is 1. The zero-order valence-electron chi connectivity index (χ0n) is 14.0. The van der Waals surface area contributed by atoms with Gasteiger partial charge in [0.1, 0.15) is 11.3 Å². The summed E-state index contributed by atoms with van der Waals surface area (Å²) in [5.41, 5.74) is -0.625. The lowest BCUT2D eigenvalue weighted by molar-refractivity contribution is -0.385. The number of anilines is 1. The smallest absolute Gasteiger partial charge is 0.355 e. The molecule has 1 amide bonds. The third kappa shape index (κ3) is 3.25. The molecular weight excluding hydrogens is 354 g/mol. The molecule has 0 aliphatic heterocycles. The van der Waals surface area contributed by atoms with Crippen molar-refractivity contribution in [1.82, 2.24) is 4.98 Å². The number of carboxylic acid groups (broad SMARTS) is 1. The Kier molecular flexibility index (Phi) is 4.67. The number of nitrogens with zero attached hydrogens (tertiary/aromatic N) is 2. The number of pyridine rings is 1. The molecule has 3 aromatic rings. The van der Waals surface area contributed by atoms with Gasteiger partial charge in [-0.05, 0) is 24.3 Å². The predicted molar refractivity (Wildman–Crippen MR) is 96.3 cm³/mol. The molecule has 3 rings (SSSR count). The van der Waals surface area contributed by atoms with Crippen LogP contribution < -0.4 is 10.1 Å². The van der Waals surface area contributed by atoms with Crippen LogP contribution in [-0.2, 0) is 0 Å². The third-order valence-electron chi connectivity index (χ3n) is 3.90. The van der Waals surface area contributed by atoms with Crippen LogP contribution in [0.15, 0.2) is 48.7 Å². The number of benzene rings is 2. The van der Waals surface area contributed by atoms with Crippen LogP contribution in [0.25, 0.3) is 10.8 Å². The number of nitro groups is 1. The van der Waals surface area contributed by atoms with Gasteiger partial charge in [-0.25, -0.2) is 9.78 Å². The van der Waals surface area contributed by atoms with Crippen LogP contribution in [0.5, 0.6) is 5.75 Å². The summed E-state index contributed by atoms with van der Waals surface area (Å²) >= 11 is 0. The number of fused-ring (bicyclic) bond motifs is 1. The highest BCUT2D eigenvalue weighted by Gasteiger charge is 2.22. The maximum Gasteiger partial charge on any atom is 0.355 e. The van der Waals surface area contributed by atoms with Crippen molar-refractivity contribution >= 4 is 34.0 Å². The normalized spacial score (nSPS) is 10.4. The van der Waals surface area contributed by atoms with Crippen molar-refractivity contribution in [1.29, 1.82) is 0 Å². The summed E-state index contributed by atoms with van der Waals surface area (Å²) in [5, 5.41) is 23.7. The van der Waals surface area contributed by atoms with Gasteiger partial charge < -0.3 is 15.2 Å². The molecule has 0 unspecified atom stereocenters. The number of carbonyl (C=O) groups is 2. The van der Waals surface area contributed by atoms with Gasteiger partial charge in [0, 0.05) is 23.0 Å². The zero-order valence-corrected chi connectivity index (χ0v) is 14.0. The molecule has 9 nitrogen and oxygen atoms in total. The van der Waals surface area contributed by atoms with Crippen molar-refractivity contribution in [2.24, 2.45) is 0 Å². The Hall–Kier alpha value is -4.01. The zero-order chi connectivity index (χ0) is 19.6. The summed E-state index contributed by atoms with van der Waals surface area (Å²) in [7, 11) is 1.43. The van der Waals surface area contributed by atoms with E-state index in [0.717, 1.165) is 0 Å². The Balaban J connectivity index is 2.14. The Morgan fingerprint density at radius 3 is 2.59 bits per heavy atom. The fraction of sp³-hybridized carbons (Fsp3) is 0.0556. The second-order valence-corrected chi connectivity index (χ2v) is 5.43. The summed E-state index contributed by atoms with van der Waals surface area (Å²) in [6.45, 7) is 0. The summed E-state index contributed by atoms with van der Waals surface area (Å²) < 4.78 is 5.23. The molecule has 0 bridgehead atoms. The third-order valence-corrected chi connectivity index (χ3v) is 3.90. The molecule has 0 aliphatic carbocycles. The minimum atomic E-state index is -1.28. The topological polar surface area (TPSA) is 132 Å². The van der Waals surface area contributed by atoms with Gasteiger partial charge in [0.05, 0.1) is 17.7 Å². The van der Waals surface area contributed by atoms with Crippen LogP contribution in [0.4, 0.5) is 11.4 Å². The van der Waals surface area contributed by atoms with Crippen molar-refractivity contribution in [3.8, 4) is 5.75 Å². The second kappa shape index (κ2) is 7.08. The van der Waals surface area contributed by atoms with Gasteiger partial charge in [-0.3, -0.25) is 14.9 Å². The van der Waals surface area contributed by atoms with Crippen LogP contribution in [0.3, 0.4) is 0 Å². The average Bonchev–Trinajstić information content (AvgIpc) is 2.67. The standard InChI is InChI=1S/C18H13N3O6/c1-27-14-7-6-12(15-11(14)8-9-19-16(15)18(23)24)20-17(22)10-4-2-3-5-13(10)21(25)26/h2-9H,1H3,(H,20,22)(H,23,24). The highest BCUT2D eigenvalue weighted by Crippen LogP contribution is 2.34. The Labute approximate surface area is 152 Å². The molecule has 0 saturated heterocycles. The Bertz CT molecular complexity index is 1080. The number of para-hydroxylation sites is 1. The molecule has 0 spiro atoms. The molecule has 0 atom stereocenters. The SMILES string of the molecule is COc1ccc(NC(=O)c2ccccc2[N+](=O)[O-])c2c(C(=O)O)nccc12. The first-order chi connectivity index (χ1) is 12.9. The number of methoxy groups -OCH3 is 1. The van der Waals surface area contributed by atoms with E-state index in [0.29, 0.717) is 11.1 Å². The van der Waals surface area contributed by atoms with Crippen LogP contribution in [0.1, 0.15) is 20.8 Å². The summed E-state index contributed by atoms with van der Waals surface area (Å²) in [4.78, 5) is 38.5. The fourth-order valence-electron chi connectivity index (χ4n) is 2.73. The first-order valence-corrected chi connectivity index (χ1v) is 7.67. The molecule has 136 valence electrons. The molecule has 0 aliphatic rings. The number of carbonyl (C=O) groups excluding carboxylic acids is 1. The number of amides is 1. The summed E-state index contributed by atoms with van der Waals surface area (Å²) in [5.74, 6) is -1.62. The molecule has 27 heavy (non-hydrogen) atoms. The number of aromatic nitrogens is 1. The minimum Gasteiger partial charge on any atom is -0.496 e. The monoisotopic (exact) mass is 367 g/mol. The molecule has 2 aromatic carbocycles. The van der Waals surface area contributed by atoms with E-state index in [1.54, 1.807) is 12.1 Å². The van der Waals surface area contributed by atoms with Crippen molar-refractivity contribution in [3.05, 3.63) is 70.0 Å². The van der Waals surface area contributed by atoms with E-state index in [2.05, 4.69) is 10.3 Å². The van der Waals surface area contributed by atoms with Crippen LogP contribution in [-0.4, -0.2) is 34.0 Å². The van der Waals surface area contributed by atoms with E-state index >= 15 is 0 Å². The van der Waals surface area contributed by atoms with Crippen LogP contribution in [0, 0.1) is 10.1 Å². The number of nitro benzene ring substituents is 1. The predicted octanol–water partition coefficient (Wildman–Crippen LogP) is 3.10. The van der Waals surface area contributed by atoms with Crippen molar-refractivity contribution in [2.75, 3.05) is 12.4 Å². The first kappa shape index (κ1) is 17.8. The molecule has 0 fully saturated rings. The van der Waals surface area contributed by atoms with E-state index in [-0.39, 0.29) is 28.0 Å². The highest BCUT2D eigenvalue weighted by molar-refractivity contribution is 6.15. The maximum absolute atomic E-state index is 12.6. The molecule has 1 heterocycles. The fourth-order valence-corrected chi connectivity index (χ4v) is 2.73. The van der Waals surface area contributed by atoms with Gasteiger partial charge in [0.2, 0.25) is 0 Å². The minimum absolute atomic E-state index is 0.146. The first-order valence-electron chi connectivity index (χ1n) is 7.67. The average molecular weight is 367 g/mol. The number of aromatic carboxylic acids is 1. The largest absolute Gasteiger partial charge is 0.496 e. The molecular formula is C18H13N3O6. The number of carboxylic acids is 1. The van der Waals surface area contributed by atoms with Crippen molar-refractivity contribution in [2.45, 2.75) is 0 Å². The quantitative estimate of drug-likeness (QED) is 0.523. The summed E-state index contributed by atoms with van der Waals surface area (Å²) in [6, 6.07) is 10.1. The van der Waals surface area contributed by atoms with E-state index < -0.39 is 16.8 Å². The Morgan fingerprint density at radius 2 is 1.93 bits per heavy atom. The molecule has 2 N–H and O–H groups in total. The summed E-state index contributed by atoms with van der Waals surface area (Å²) in [6.07, 6.45) is 1.32. The highest BCUT2D eigenvalue weighted by atomic mass is 16.6. The molecule has 0 radical (unpaired) electrons. The lowest BCUT2D eigenvalue weighted by Gasteiger charge is -2.13. The van der Waals surface area contributed by atoms with Crippen LogP contribution >= 0.6 is 0 Å². The van der Waals surface area contributed by atoms with Gasteiger partial charge in [0.25, 0.3) is 11.6 Å².